The first-order valence-electron chi connectivity index (χ1n) is 4.97. The SMILES string of the molecule is C=S(C)c1ccc(/C(=C/OC)CC)cc1. The van der Waals surface area contributed by atoms with Crippen molar-refractivity contribution in [2.45, 2.75) is 18.2 Å². The van der Waals surface area contributed by atoms with Gasteiger partial charge in [0.25, 0.3) is 0 Å². The molecule has 0 aliphatic heterocycles. The zero-order valence-corrected chi connectivity index (χ0v) is 10.4. The van der Waals surface area contributed by atoms with E-state index in [9.17, 15) is 0 Å². The fourth-order valence-corrected chi connectivity index (χ4v) is 2.00. The molecule has 1 nitrogen and oxygen atoms in total. The van der Waals surface area contributed by atoms with Gasteiger partial charge in [-0.25, -0.2) is 0 Å². The van der Waals surface area contributed by atoms with Crippen LogP contribution in [0.2, 0.25) is 0 Å². The molecule has 0 spiro atoms. The van der Waals surface area contributed by atoms with Gasteiger partial charge in [0.2, 0.25) is 0 Å². The van der Waals surface area contributed by atoms with Crippen molar-refractivity contribution < 1.29 is 4.74 Å². The molecule has 0 amide bonds. The van der Waals surface area contributed by atoms with E-state index in [4.69, 9.17) is 4.74 Å². The minimum absolute atomic E-state index is 0.0931. The van der Waals surface area contributed by atoms with Crippen LogP contribution in [0.1, 0.15) is 18.9 Å². The molecule has 2 heteroatoms. The van der Waals surface area contributed by atoms with Crippen LogP contribution in [0.5, 0.6) is 0 Å². The molecule has 15 heavy (non-hydrogen) atoms. The zero-order valence-electron chi connectivity index (χ0n) is 9.62. The number of allylic oxidation sites excluding steroid dienone is 1. The molecule has 1 aromatic rings. The summed E-state index contributed by atoms with van der Waals surface area (Å²) in [6, 6.07) is 8.56. The monoisotopic (exact) mass is 222 g/mol. The highest BCUT2D eigenvalue weighted by Crippen LogP contribution is 2.24. The van der Waals surface area contributed by atoms with Gasteiger partial charge in [0.1, 0.15) is 0 Å². The first kappa shape index (κ1) is 12.1. The van der Waals surface area contributed by atoms with Crippen LogP contribution < -0.4 is 0 Å². The molecule has 0 aromatic heterocycles. The molecule has 1 aromatic carbocycles. The van der Waals surface area contributed by atoms with E-state index in [2.05, 4.69) is 43.3 Å². The van der Waals surface area contributed by atoms with Crippen LogP contribution >= 0.6 is 10.5 Å². The lowest BCUT2D eigenvalue weighted by molar-refractivity contribution is 0.339. The number of benzene rings is 1. The number of hydrogen-bond acceptors (Lipinski definition) is 1. The highest BCUT2D eigenvalue weighted by Gasteiger charge is 1.99. The molecule has 1 atom stereocenters. The van der Waals surface area contributed by atoms with E-state index < -0.39 is 0 Å². The Morgan fingerprint density at radius 2 is 2.00 bits per heavy atom. The Morgan fingerprint density at radius 3 is 2.40 bits per heavy atom. The van der Waals surface area contributed by atoms with Crippen molar-refractivity contribution in [2.24, 2.45) is 0 Å². The van der Waals surface area contributed by atoms with Crippen molar-refractivity contribution in [3.63, 3.8) is 0 Å². The van der Waals surface area contributed by atoms with E-state index >= 15 is 0 Å². The van der Waals surface area contributed by atoms with Gasteiger partial charge >= 0.3 is 0 Å². The molecular formula is C13H18OS. The highest BCUT2D eigenvalue weighted by atomic mass is 32.2. The van der Waals surface area contributed by atoms with E-state index in [-0.39, 0.29) is 10.5 Å². The molecule has 82 valence electrons. The van der Waals surface area contributed by atoms with Crippen molar-refractivity contribution in [3.05, 3.63) is 36.1 Å². The Balaban J connectivity index is 2.97. The summed E-state index contributed by atoms with van der Waals surface area (Å²) in [4.78, 5) is 1.30. The first-order valence-corrected chi connectivity index (χ1v) is 6.77. The lowest BCUT2D eigenvalue weighted by Gasteiger charge is -2.06. The Labute approximate surface area is 94.7 Å². The summed E-state index contributed by atoms with van der Waals surface area (Å²) < 4.78 is 5.05. The molecule has 0 heterocycles. The quantitative estimate of drug-likeness (QED) is 0.556. The van der Waals surface area contributed by atoms with Crippen molar-refractivity contribution >= 4 is 21.9 Å². The van der Waals surface area contributed by atoms with Crippen LogP contribution in [0.3, 0.4) is 0 Å². The Bertz CT molecular complexity index is 363. The molecule has 0 radical (unpaired) electrons. The predicted molar refractivity (Wildman–Crippen MR) is 70.6 cm³/mol. The Hall–Kier alpha value is -1.02. The summed E-state index contributed by atoms with van der Waals surface area (Å²) in [5.41, 5.74) is 2.46. The normalized spacial score (nSPS) is 13.7. The molecule has 0 aliphatic rings. The van der Waals surface area contributed by atoms with E-state index in [0.717, 1.165) is 6.42 Å². The molecule has 0 N–H and O–H groups in total. The van der Waals surface area contributed by atoms with Crippen LogP contribution in [-0.4, -0.2) is 19.2 Å². The van der Waals surface area contributed by atoms with Gasteiger partial charge in [-0.15, -0.1) is 0 Å². The Kier molecular flexibility index (Phi) is 4.63. The van der Waals surface area contributed by atoms with Gasteiger partial charge in [-0.3, -0.25) is 0 Å². The van der Waals surface area contributed by atoms with E-state index in [1.54, 1.807) is 7.11 Å². The van der Waals surface area contributed by atoms with Crippen LogP contribution in [0.4, 0.5) is 0 Å². The Morgan fingerprint density at radius 1 is 1.40 bits per heavy atom. The topological polar surface area (TPSA) is 9.23 Å². The largest absolute Gasteiger partial charge is 0.504 e. The van der Waals surface area contributed by atoms with Gasteiger partial charge in [0, 0.05) is 4.90 Å². The lowest BCUT2D eigenvalue weighted by atomic mass is 10.1. The van der Waals surface area contributed by atoms with Gasteiger partial charge in [-0.05, 0) is 35.9 Å². The second kappa shape index (κ2) is 5.76. The van der Waals surface area contributed by atoms with E-state index in [1.165, 1.54) is 16.0 Å². The van der Waals surface area contributed by atoms with Gasteiger partial charge < -0.3 is 4.74 Å². The second-order valence-corrected chi connectivity index (χ2v) is 5.14. The minimum atomic E-state index is 0.0931. The molecule has 0 bridgehead atoms. The maximum atomic E-state index is 5.05. The summed E-state index contributed by atoms with van der Waals surface area (Å²) in [7, 11) is 1.78. The fraction of sp³-hybridized carbons (Fsp3) is 0.308. The number of hydrogen-bond donors (Lipinski definition) is 0. The first-order chi connectivity index (χ1) is 7.19. The summed E-state index contributed by atoms with van der Waals surface area (Å²) in [5, 5.41) is 0. The molecule has 0 aliphatic carbocycles. The molecule has 0 saturated carbocycles. The predicted octanol–water partition coefficient (Wildman–Crippen LogP) is 3.77. The fourth-order valence-electron chi connectivity index (χ4n) is 1.40. The van der Waals surface area contributed by atoms with Gasteiger partial charge in [0.05, 0.1) is 13.4 Å². The number of ether oxygens (including phenoxy) is 1. The number of methoxy groups -OCH3 is 1. The van der Waals surface area contributed by atoms with Gasteiger partial charge in [0.15, 0.2) is 0 Å². The van der Waals surface area contributed by atoms with Crippen LogP contribution in [-0.2, 0) is 4.74 Å². The summed E-state index contributed by atoms with van der Waals surface area (Å²) in [6.07, 6.45) is 4.92. The maximum absolute atomic E-state index is 5.05. The van der Waals surface area contributed by atoms with Crippen LogP contribution in [0.15, 0.2) is 35.4 Å². The summed E-state index contributed by atoms with van der Waals surface area (Å²) in [6.45, 7) is 2.13. The molecule has 0 fully saturated rings. The maximum Gasteiger partial charge on any atom is 0.0862 e. The summed E-state index contributed by atoms with van der Waals surface area (Å²) in [5.74, 6) is 4.03. The summed E-state index contributed by atoms with van der Waals surface area (Å²) >= 11 is 0. The van der Waals surface area contributed by atoms with Crippen LogP contribution in [0.25, 0.3) is 5.57 Å². The minimum Gasteiger partial charge on any atom is -0.504 e. The van der Waals surface area contributed by atoms with Crippen molar-refractivity contribution in [3.8, 4) is 0 Å². The third-order valence-electron chi connectivity index (χ3n) is 2.27. The smallest absolute Gasteiger partial charge is 0.0862 e. The van der Waals surface area contributed by atoms with Crippen molar-refractivity contribution in [2.75, 3.05) is 13.4 Å². The average molecular weight is 222 g/mol. The molecular weight excluding hydrogens is 204 g/mol. The standard InChI is InChI=1S/C13H18OS/c1-5-11(10-14-2)12-6-8-13(9-7-12)15(3)4/h6-10H,3,5H2,1-2,4H3/b11-10+. The lowest BCUT2D eigenvalue weighted by Crippen LogP contribution is -1.84. The second-order valence-electron chi connectivity index (χ2n) is 3.39. The van der Waals surface area contributed by atoms with Gasteiger partial charge in [-0.1, -0.05) is 24.9 Å². The molecule has 1 unspecified atom stereocenters. The zero-order chi connectivity index (χ0) is 11.3. The third-order valence-corrected chi connectivity index (χ3v) is 3.35. The third kappa shape index (κ3) is 3.24. The van der Waals surface area contributed by atoms with E-state index in [0.29, 0.717) is 0 Å². The molecule has 1 rings (SSSR count). The van der Waals surface area contributed by atoms with Gasteiger partial charge in [-0.2, -0.15) is 10.5 Å². The van der Waals surface area contributed by atoms with Crippen LogP contribution in [0, 0.1) is 0 Å². The van der Waals surface area contributed by atoms with Crippen molar-refractivity contribution in [1.29, 1.82) is 0 Å². The van der Waals surface area contributed by atoms with Crippen molar-refractivity contribution in [1.82, 2.24) is 0 Å². The van der Waals surface area contributed by atoms with E-state index in [1.807, 2.05) is 6.26 Å². The molecule has 0 saturated heterocycles. The average Bonchev–Trinajstić information content (AvgIpc) is 2.26. The number of rotatable bonds is 4. The highest BCUT2D eigenvalue weighted by molar-refractivity contribution is 8.13.